The van der Waals surface area contributed by atoms with Gasteiger partial charge in [-0.1, -0.05) is 6.42 Å². The van der Waals surface area contributed by atoms with Gasteiger partial charge in [-0.3, -0.25) is 0 Å². The van der Waals surface area contributed by atoms with E-state index in [4.69, 9.17) is 0 Å². The zero-order valence-corrected chi connectivity index (χ0v) is 12.5. The van der Waals surface area contributed by atoms with E-state index in [1.165, 1.54) is 0 Å². The van der Waals surface area contributed by atoms with E-state index >= 15 is 0 Å². The molecule has 1 atom stereocenters. The molecule has 4 nitrogen and oxygen atoms in total. The average Bonchev–Trinajstić information content (AvgIpc) is 2.16. The van der Waals surface area contributed by atoms with E-state index in [1.54, 1.807) is 25.1 Å². The molecule has 1 rings (SSSR count). The topological polar surface area (TPSA) is 49.4 Å². The molecule has 0 bridgehead atoms. The van der Waals surface area contributed by atoms with Gasteiger partial charge >= 0.3 is 0 Å². The molecule has 1 aliphatic rings. The molecule has 0 aliphatic carbocycles. The Labute approximate surface area is 106 Å². The highest BCUT2D eigenvalue weighted by Crippen LogP contribution is 2.34. The summed E-state index contributed by atoms with van der Waals surface area (Å²) in [4.78, 5) is 0. The van der Waals surface area contributed by atoms with Crippen molar-refractivity contribution < 1.29 is 8.42 Å². The molecule has 102 valence electrons. The number of hydrogen-bond acceptors (Lipinski definition) is 3. The van der Waals surface area contributed by atoms with Crippen LogP contribution in [0.5, 0.6) is 0 Å². The van der Waals surface area contributed by atoms with Crippen molar-refractivity contribution in [2.45, 2.75) is 57.2 Å². The first kappa shape index (κ1) is 14.9. The SMILES string of the molecule is CNCC1(C)CCCCN1S(=O)(=O)C(C)(C)C. The summed E-state index contributed by atoms with van der Waals surface area (Å²) < 4.78 is 26.2. The van der Waals surface area contributed by atoms with Gasteiger partial charge in [0.1, 0.15) is 0 Å². The highest BCUT2D eigenvalue weighted by molar-refractivity contribution is 7.90. The third-order valence-corrected chi connectivity index (χ3v) is 6.30. The lowest BCUT2D eigenvalue weighted by molar-refractivity contribution is 0.146. The number of nitrogens with zero attached hydrogens (tertiary/aromatic N) is 1. The van der Waals surface area contributed by atoms with Crippen LogP contribution in [0.3, 0.4) is 0 Å². The fourth-order valence-electron chi connectivity index (χ4n) is 2.45. The van der Waals surface area contributed by atoms with E-state index in [2.05, 4.69) is 5.32 Å². The lowest BCUT2D eigenvalue weighted by Crippen LogP contribution is -2.60. The molecule has 0 aromatic heterocycles. The minimum atomic E-state index is -3.24. The second kappa shape index (κ2) is 4.86. The lowest BCUT2D eigenvalue weighted by Gasteiger charge is -2.46. The first-order valence-corrected chi connectivity index (χ1v) is 7.76. The minimum Gasteiger partial charge on any atom is -0.318 e. The van der Waals surface area contributed by atoms with Crippen LogP contribution in [-0.2, 0) is 10.0 Å². The van der Waals surface area contributed by atoms with Crippen LogP contribution in [0, 0.1) is 0 Å². The number of nitrogens with one attached hydrogen (secondary N) is 1. The van der Waals surface area contributed by atoms with Crippen LogP contribution in [0.15, 0.2) is 0 Å². The van der Waals surface area contributed by atoms with Crippen LogP contribution in [-0.4, -0.2) is 43.1 Å². The van der Waals surface area contributed by atoms with Crippen molar-refractivity contribution in [1.29, 1.82) is 0 Å². The summed E-state index contributed by atoms with van der Waals surface area (Å²) in [6.45, 7) is 8.73. The number of sulfonamides is 1. The normalized spacial score (nSPS) is 28.3. The highest BCUT2D eigenvalue weighted by atomic mass is 32.2. The third-order valence-electron chi connectivity index (χ3n) is 3.55. The molecule has 0 aromatic rings. The van der Waals surface area contributed by atoms with Crippen LogP contribution >= 0.6 is 0 Å². The molecule has 1 aliphatic heterocycles. The van der Waals surface area contributed by atoms with Crippen molar-refractivity contribution in [3.63, 3.8) is 0 Å². The molecule has 5 heteroatoms. The predicted molar refractivity (Wildman–Crippen MR) is 71.6 cm³/mol. The zero-order valence-electron chi connectivity index (χ0n) is 11.7. The van der Waals surface area contributed by atoms with Gasteiger partial charge in [-0.2, -0.15) is 4.31 Å². The summed E-state index contributed by atoms with van der Waals surface area (Å²) in [5.41, 5.74) is -0.279. The molecule has 0 spiro atoms. The van der Waals surface area contributed by atoms with Gasteiger partial charge in [0.25, 0.3) is 0 Å². The Bertz CT molecular complexity index is 355. The molecule has 0 radical (unpaired) electrons. The summed E-state index contributed by atoms with van der Waals surface area (Å²) in [5, 5.41) is 3.13. The van der Waals surface area contributed by atoms with Crippen LogP contribution in [0.25, 0.3) is 0 Å². The van der Waals surface area contributed by atoms with E-state index in [0.717, 1.165) is 19.3 Å². The zero-order chi connectivity index (χ0) is 13.3. The summed E-state index contributed by atoms with van der Waals surface area (Å²) in [6.07, 6.45) is 3.01. The summed E-state index contributed by atoms with van der Waals surface area (Å²) in [7, 11) is -1.36. The van der Waals surface area contributed by atoms with Gasteiger partial charge < -0.3 is 5.32 Å². The van der Waals surface area contributed by atoms with Gasteiger partial charge in [0, 0.05) is 18.6 Å². The van der Waals surface area contributed by atoms with Crippen molar-refractivity contribution in [2.75, 3.05) is 20.1 Å². The smallest absolute Gasteiger partial charge is 0.219 e. The molecule has 1 unspecified atom stereocenters. The van der Waals surface area contributed by atoms with Gasteiger partial charge in [-0.05, 0) is 47.6 Å². The van der Waals surface area contributed by atoms with Crippen LogP contribution in [0.4, 0.5) is 0 Å². The van der Waals surface area contributed by atoms with Crippen LogP contribution in [0.1, 0.15) is 47.0 Å². The van der Waals surface area contributed by atoms with Gasteiger partial charge in [0.2, 0.25) is 10.0 Å². The number of piperidine rings is 1. The number of hydrogen-bond donors (Lipinski definition) is 1. The Kier molecular flexibility index (Phi) is 4.27. The van der Waals surface area contributed by atoms with E-state index in [0.29, 0.717) is 13.1 Å². The second-order valence-electron chi connectivity index (χ2n) is 6.17. The first-order valence-electron chi connectivity index (χ1n) is 6.32. The molecule has 0 saturated carbocycles. The molecule has 1 saturated heterocycles. The molecule has 17 heavy (non-hydrogen) atoms. The lowest BCUT2D eigenvalue weighted by atomic mass is 9.91. The van der Waals surface area contributed by atoms with Crippen molar-refractivity contribution in [3.8, 4) is 0 Å². The van der Waals surface area contributed by atoms with Gasteiger partial charge in [-0.15, -0.1) is 0 Å². The Morgan fingerprint density at radius 1 is 1.29 bits per heavy atom. The standard InChI is InChI=1S/C12H26N2O2S/c1-11(2,3)17(15,16)14-9-7-6-8-12(14,4)10-13-5/h13H,6-10H2,1-5H3. The van der Waals surface area contributed by atoms with Crippen molar-refractivity contribution in [1.82, 2.24) is 9.62 Å². The molecule has 0 aromatic carbocycles. The van der Waals surface area contributed by atoms with Crippen molar-refractivity contribution in [2.24, 2.45) is 0 Å². The maximum Gasteiger partial charge on any atom is 0.219 e. The molecular formula is C12H26N2O2S. The highest BCUT2D eigenvalue weighted by Gasteiger charge is 2.45. The Morgan fingerprint density at radius 3 is 2.35 bits per heavy atom. The van der Waals surface area contributed by atoms with Gasteiger partial charge in [0.05, 0.1) is 4.75 Å². The fraction of sp³-hybridized carbons (Fsp3) is 1.00. The fourth-order valence-corrected chi connectivity index (χ4v) is 4.22. The molecule has 1 fully saturated rings. The average molecular weight is 262 g/mol. The number of likely N-dealkylation sites (N-methyl/N-ethyl adjacent to an activating group) is 1. The van der Waals surface area contributed by atoms with E-state index in [-0.39, 0.29) is 5.54 Å². The van der Waals surface area contributed by atoms with Gasteiger partial charge in [0.15, 0.2) is 0 Å². The van der Waals surface area contributed by atoms with E-state index in [9.17, 15) is 8.42 Å². The third kappa shape index (κ3) is 2.83. The number of rotatable bonds is 3. The van der Waals surface area contributed by atoms with Crippen LogP contribution < -0.4 is 5.32 Å². The van der Waals surface area contributed by atoms with E-state index < -0.39 is 14.8 Å². The summed E-state index contributed by atoms with van der Waals surface area (Å²) >= 11 is 0. The molecule has 1 heterocycles. The molecular weight excluding hydrogens is 236 g/mol. The summed E-state index contributed by atoms with van der Waals surface area (Å²) in [6, 6.07) is 0. The van der Waals surface area contributed by atoms with Crippen molar-refractivity contribution in [3.05, 3.63) is 0 Å². The van der Waals surface area contributed by atoms with Crippen molar-refractivity contribution >= 4 is 10.0 Å². The Balaban J connectivity index is 3.09. The Morgan fingerprint density at radius 2 is 1.88 bits per heavy atom. The minimum absolute atomic E-state index is 0.279. The van der Waals surface area contributed by atoms with Gasteiger partial charge in [-0.25, -0.2) is 8.42 Å². The first-order chi connectivity index (χ1) is 7.65. The predicted octanol–water partition coefficient (Wildman–Crippen LogP) is 1.58. The molecule has 0 amide bonds. The maximum absolute atomic E-state index is 12.6. The maximum atomic E-state index is 12.6. The quantitative estimate of drug-likeness (QED) is 0.840. The summed E-state index contributed by atoms with van der Waals surface area (Å²) in [5.74, 6) is 0. The largest absolute Gasteiger partial charge is 0.318 e. The van der Waals surface area contributed by atoms with E-state index in [1.807, 2.05) is 14.0 Å². The second-order valence-corrected chi connectivity index (χ2v) is 8.79. The monoisotopic (exact) mass is 262 g/mol. The molecule has 1 N–H and O–H groups in total. The van der Waals surface area contributed by atoms with Crippen LogP contribution in [0.2, 0.25) is 0 Å². The Hall–Kier alpha value is -0.130.